The fourth-order valence-corrected chi connectivity index (χ4v) is 5.89. The lowest BCUT2D eigenvalue weighted by Gasteiger charge is -2.38. The molecule has 1 atom stereocenters. The summed E-state index contributed by atoms with van der Waals surface area (Å²) in [5, 5.41) is 29.8. The Kier molecular flexibility index (Phi) is 3.03. The van der Waals surface area contributed by atoms with E-state index >= 15 is 0 Å². The first-order chi connectivity index (χ1) is 9.08. The first-order valence-electron chi connectivity index (χ1n) is 5.80. The van der Waals surface area contributed by atoms with Gasteiger partial charge in [-0.3, -0.25) is 0 Å². The smallest absolute Gasteiger partial charge is 0.338 e. The average Bonchev–Trinajstić information content (AvgIpc) is 2.87. The quantitative estimate of drug-likeness (QED) is 0.736. The molecule has 0 amide bonds. The third-order valence-electron chi connectivity index (χ3n) is 3.39. The number of hydrogen-bond acceptors (Lipinski definition) is 5. The van der Waals surface area contributed by atoms with Gasteiger partial charge in [0.25, 0.3) is 0 Å². The zero-order valence-electron chi connectivity index (χ0n) is 9.87. The van der Waals surface area contributed by atoms with Crippen LogP contribution in [0.3, 0.4) is 0 Å². The number of hydrogen-bond donors (Lipinski definition) is 3. The van der Waals surface area contributed by atoms with Gasteiger partial charge < -0.3 is 15.3 Å². The number of rotatable bonds is 1. The minimum atomic E-state index is -1.27. The number of carbonyl (C=O) groups is 1. The zero-order valence-corrected chi connectivity index (χ0v) is 11.5. The standard InChI is InChI=1S/C13H12O4S2/c14-10-7-3-1-2-4-8(7)13(18-5-6-19-13)11(15)9(10)12(16)17/h1-4,11,14-15H,5-6H2,(H,16,17). The number of aliphatic hydroxyl groups excluding tert-OH is 2. The summed E-state index contributed by atoms with van der Waals surface area (Å²) in [6.45, 7) is 0. The van der Waals surface area contributed by atoms with E-state index in [2.05, 4.69) is 0 Å². The molecular weight excluding hydrogens is 284 g/mol. The molecule has 100 valence electrons. The lowest BCUT2D eigenvalue weighted by atomic mass is 9.87. The van der Waals surface area contributed by atoms with Crippen molar-refractivity contribution in [3.8, 4) is 0 Å². The summed E-state index contributed by atoms with van der Waals surface area (Å²) >= 11 is 3.09. The van der Waals surface area contributed by atoms with Crippen molar-refractivity contribution in [1.82, 2.24) is 0 Å². The highest BCUT2D eigenvalue weighted by molar-refractivity contribution is 8.20. The molecule has 4 nitrogen and oxygen atoms in total. The van der Waals surface area contributed by atoms with Crippen LogP contribution in [-0.4, -0.2) is 38.9 Å². The molecule has 1 saturated heterocycles. The molecule has 3 rings (SSSR count). The van der Waals surface area contributed by atoms with Crippen molar-refractivity contribution in [3.05, 3.63) is 41.0 Å². The molecule has 1 aliphatic carbocycles. The van der Waals surface area contributed by atoms with Gasteiger partial charge in [-0.1, -0.05) is 24.3 Å². The molecule has 6 heteroatoms. The molecule has 1 aromatic carbocycles. The van der Waals surface area contributed by atoms with Gasteiger partial charge in [0.2, 0.25) is 0 Å². The molecule has 1 spiro atoms. The van der Waals surface area contributed by atoms with Crippen molar-refractivity contribution in [2.75, 3.05) is 11.5 Å². The van der Waals surface area contributed by atoms with Crippen LogP contribution in [0.25, 0.3) is 5.76 Å². The molecule has 1 aromatic rings. The molecule has 2 aliphatic rings. The molecule has 1 unspecified atom stereocenters. The van der Waals surface area contributed by atoms with Gasteiger partial charge in [0.05, 0.1) is 0 Å². The number of carboxylic acid groups (broad SMARTS) is 1. The predicted octanol–water partition coefficient (Wildman–Crippen LogP) is 2.05. The van der Waals surface area contributed by atoms with Gasteiger partial charge in [-0.05, 0) is 5.56 Å². The van der Waals surface area contributed by atoms with E-state index in [1.165, 1.54) is 0 Å². The molecule has 0 radical (unpaired) electrons. The Balaban J connectivity index is 2.29. The highest BCUT2D eigenvalue weighted by Crippen LogP contribution is 2.59. The third-order valence-corrected chi connectivity index (χ3v) is 6.92. The van der Waals surface area contributed by atoms with E-state index in [4.69, 9.17) is 0 Å². The minimum Gasteiger partial charge on any atom is -0.507 e. The van der Waals surface area contributed by atoms with Crippen LogP contribution < -0.4 is 0 Å². The maximum Gasteiger partial charge on any atom is 0.338 e. The first kappa shape index (κ1) is 12.9. The van der Waals surface area contributed by atoms with Crippen molar-refractivity contribution in [2.45, 2.75) is 10.2 Å². The van der Waals surface area contributed by atoms with Crippen molar-refractivity contribution >= 4 is 35.3 Å². The van der Waals surface area contributed by atoms with Crippen molar-refractivity contribution in [3.63, 3.8) is 0 Å². The van der Waals surface area contributed by atoms with E-state index in [0.29, 0.717) is 5.56 Å². The number of benzene rings is 1. The summed E-state index contributed by atoms with van der Waals surface area (Å²) in [5.74, 6) is 0.106. The van der Waals surface area contributed by atoms with Crippen LogP contribution in [-0.2, 0) is 8.87 Å². The first-order valence-corrected chi connectivity index (χ1v) is 7.77. The van der Waals surface area contributed by atoms with Gasteiger partial charge in [-0.15, -0.1) is 23.5 Å². The van der Waals surface area contributed by atoms with Gasteiger partial charge in [0, 0.05) is 17.1 Å². The van der Waals surface area contributed by atoms with Crippen LogP contribution >= 0.6 is 23.5 Å². The SMILES string of the molecule is O=C(O)C1=C(O)c2ccccc2C2(SCCS2)C1O. The summed E-state index contributed by atoms with van der Waals surface area (Å²) in [5.41, 5.74) is 1.00. The molecular formula is C13H12O4S2. The third kappa shape index (κ3) is 1.70. The normalized spacial score (nSPS) is 24.6. The molecule has 0 bridgehead atoms. The van der Waals surface area contributed by atoms with E-state index in [0.717, 1.165) is 17.1 Å². The van der Waals surface area contributed by atoms with E-state index < -0.39 is 16.2 Å². The molecule has 0 aromatic heterocycles. The highest BCUT2D eigenvalue weighted by atomic mass is 32.2. The Morgan fingerprint density at radius 1 is 1.26 bits per heavy atom. The lowest BCUT2D eigenvalue weighted by molar-refractivity contribution is -0.133. The predicted molar refractivity (Wildman–Crippen MR) is 76.2 cm³/mol. The zero-order chi connectivity index (χ0) is 13.6. The van der Waals surface area contributed by atoms with E-state index in [-0.39, 0.29) is 11.3 Å². The lowest BCUT2D eigenvalue weighted by Crippen LogP contribution is -2.40. The van der Waals surface area contributed by atoms with Crippen LogP contribution in [0.4, 0.5) is 0 Å². The number of fused-ring (bicyclic) bond motifs is 2. The van der Waals surface area contributed by atoms with Crippen LogP contribution in [0.2, 0.25) is 0 Å². The Morgan fingerprint density at radius 3 is 2.53 bits per heavy atom. The molecule has 3 N–H and O–H groups in total. The minimum absolute atomic E-state index is 0.305. The Morgan fingerprint density at radius 2 is 1.89 bits per heavy atom. The van der Waals surface area contributed by atoms with Crippen molar-refractivity contribution in [1.29, 1.82) is 0 Å². The second-order valence-electron chi connectivity index (χ2n) is 4.38. The van der Waals surface area contributed by atoms with E-state index in [9.17, 15) is 20.1 Å². The average molecular weight is 296 g/mol. The topological polar surface area (TPSA) is 77.8 Å². The van der Waals surface area contributed by atoms with Gasteiger partial charge in [0.1, 0.15) is 21.5 Å². The summed E-state index contributed by atoms with van der Waals surface area (Å²) in [6.07, 6.45) is -1.21. The number of aliphatic hydroxyl groups is 2. The fourth-order valence-electron chi connectivity index (χ4n) is 2.57. The molecule has 1 fully saturated rings. The Bertz CT molecular complexity index is 576. The summed E-state index contributed by atoms with van der Waals surface area (Å²) in [7, 11) is 0. The second kappa shape index (κ2) is 4.47. The largest absolute Gasteiger partial charge is 0.507 e. The van der Waals surface area contributed by atoms with Crippen LogP contribution in [0.5, 0.6) is 0 Å². The number of thioether (sulfide) groups is 2. The van der Waals surface area contributed by atoms with Gasteiger partial charge >= 0.3 is 5.97 Å². The number of aliphatic carboxylic acids is 1. The molecule has 1 aliphatic heterocycles. The summed E-state index contributed by atoms with van der Waals surface area (Å²) in [6, 6.07) is 7.13. The maximum atomic E-state index is 11.3. The molecule has 1 heterocycles. The Hall–Kier alpha value is -1.11. The fraction of sp³-hybridized carbons (Fsp3) is 0.308. The van der Waals surface area contributed by atoms with Crippen molar-refractivity contribution in [2.24, 2.45) is 0 Å². The van der Waals surface area contributed by atoms with Crippen LogP contribution in [0.1, 0.15) is 11.1 Å². The second-order valence-corrected chi connectivity index (χ2v) is 7.32. The summed E-state index contributed by atoms with van der Waals surface area (Å²) < 4.78 is -0.712. The molecule has 19 heavy (non-hydrogen) atoms. The highest BCUT2D eigenvalue weighted by Gasteiger charge is 2.52. The van der Waals surface area contributed by atoms with Gasteiger partial charge in [-0.2, -0.15) is 0 Å². The van der Waals surface area contributed by atoms with Gasteiger partial charge in [0.15, 0.2) is 0 Å². The maximum absolute atomic E-state index is 11.3. The van der Waals surface area contributed by atoms with E-state index in [1.807, 2.05) is 12.1 Å². The summed E-state index contributed by atoms with van der Waals surface area (Å²) in [4.78, 5) is 11.3. The van der Waals surface area contributed by atoms with Gasteiger partial charge in [-0.25, -0.2) is 4.79 Å². The number of carboxylic acids is 1. The van der Waals surface area contributed by atoms with Crippen LogP contribution in [0, 0.1) is 0 Å². The monoisotopic (exact) mass is 296 g/mol. The van der Waals surface area contributed by atoms with Crippen molar-refractivity contribution < 1.29 is 20.1 Å². The molecule has 0 saturated carbocycles. The van der Waals surface area contributed by atoms with E-state index in [1.54, 1.807) is 35.7 Å². The Labute approximate surface area is 118 Å². The van der Waals surface area contributed by atoms with Crippen LogP contribution in [0.15, 0.2) is 29.8 Å².